The van der Waals surface area contributed by atoms with Crippen LogP contribution in [0.2, 0.25) is 0 Å². The molecule has 0 N–H and O–H groups in total. The molecule has 0 amide bonds. The fraction of sp³-hybridized carbons (Fsp3) is 0.667. The third-order valence-electron chi connectivity index (χ3n) is 1.64. The number of cyclic esters (lactones) is 2. The first-order chi connectivity index (χ1) is 7.12. The molecule has 2 unspecified atom stereocenters. The van der Waals surface area contributed by atoms with Crippen molar-refractivity contribution in [3.8, 4) is 0 Å². The predicted octanol–water partition coefficient (Wildman–Crippen LogP) is -3.04. The third-order valence-corrected chi connectivity index (χ3v) is 3.28. The van der Waals surface area contributed by atoms with Gasteiger partial charge in [-0.15, -0.1) is 0 Å². The van der Waals surface area contributed by atoms with Crippen molar-refractivity contribution in [3.63, 3.8) is 0 Å². The molecule has 1 aliphatic rings. The minimum absolute atomic E-state index is 0. The number of carbonyl (C=O) groups excluding carboxylic acids is 2. The minimum atomic E-state index is -5.10. The molecule has 1 aliphatic heterocycles. The largest absolute Gasteiger partial charge is 1.00 e. The first-order valence-electron chi connectivity index (χ1n) is 3.88. The Hall–Kier alpha value is -0.323. The Kier molecular flexibility index (Phi) is 5.44. The molecule has 0 bridgehead atoms. The van der Waals surface area contributed by atoms with Crippen molar-refractivity contribution in [2.45, 2.75) is 18.3 Å². The number of hydrogen-bond acceptors (Lipinski definition) is 6. The van der Waals surface area contributed by atoms with Crippen LogP contribution in [0, 0.1) is 0 Å². The van der Waals surface area contributed by atoms with Gasteiger partial charge in [-0.1, -0.05) is 0 Å². The summed E-state index contributed by atoms with van der Waals surface area (Å²) in [4.78, 5) is 32.4. The Bertz CT molecular complexity index is 369. The van der Waals surface area contributed by atoms with Crippen LogP contribution in [-0.2, 0) is 23.4 Å². The average molecular weight is 268 g/mol. The number of alkyl halides is 3. The van der Waals surface area contributed by atoms with E-state index in [0.717, 1.165) is 0 Å². The van der Waals surface area contributed by atoms with Crippen LogP contribution >= 0.6 is 7.60 Å². The zero-order valence-electron chi connectivity index (χ0n) is 8.52. The van der Waals surface area contributed by atoms with Crippen molar-refractivity contribution >= 4 is 19.5 Å². The van der Waals surface area contributed by atoms with Gasteiger partial charge in [-0.05, 0) is 0 Å². The van der Waals surface area contributed by atoms with Crippen LogP contribution in [0.4, 0.5) is 13.2 Å². The molecule has 0 spiro atoms. The van der Waals surface area contributed by atoms with Gasteiger partial charge in [0.25, 0.3) is 0 Å². The average Bonchev–Trinajstić information content (AvgIpc) is 2.42. The van der Waals surface area contributed by atoms with Gasteiger partial charge in [0.1, 0.15) is 19.9 Å². The summed E-state index contributed by atoms with van der Waals surface area (Å²) in [6.07, 6.45) is -5.66. The van der Waals surface area contributed by atoms with Crippen LogP contribution in [0.3, 0.4) is 0 Å². The number of rotatable bonds is 3. The van der Waals surface area contributed by atoms with Crippen molar-refractivity contribution in [3.05, 3.63) is 0 Å². The zero-order valence-corrected chi connectivity index (χ0v) is 9.42. The van der Waals surface area contributed by atoms with E-state index in [1.807, 2.05) is 0 Å². The Labute approximate surface area is 105 Å². The van der Waals surface area contributed by atoms with Crippen molar-refractivity contribution in [2.75, 3.05) is 6.61 Å². The summed E-state index contributed by atoms with van der Waals surface area (Å²) in [6, 6.07) is 0. The Balaban J connectivity index is 0.00000256. The van der Waals surface area contributed by atoms with Crippen LogP contribution < -0.4 is 23.8 Å². The van der Waals surface area contributed by atoms with E-state index in [9.17, 15) is 32.2 Å². The summed E-state index contributed by atoms with van der Waals surface area (Å²) in [5, 5.41) is 0. The van der Waals surface area contributed by atoms with Crippen molar-refractivity contribution in [1.29, 1.82) is 0 Å². The summed E-state index contributed by atoms with van der Waals surface area (Å²) in [5.74, 6) is -2.52. The Morgan fingerprint density at radius 1 is 1.47 bits per heavy atom. The monoisotopic (exact) mass is 268 g/mol. The SMILES string of the molecule is O=C1CC(P(=O)([O-])OCC(F)(F)F)C(=O)O1.[Li+]. The second-order valence-corrected chi connectivity index (χ2v) is 4.90. The van der Waals surface area contributed by atoms with Crippen LogP contribution in [0.15, 0.2) is 0 Å². The van der Waals surface area contributed by atoms with Crippen LogP contribution in [0.25, 0.3) is 0 Å². The van der Waals surface area contributed by atoms with E-state index in [-0.39, 0.29) is 18.9 Å². The Morgan fingerprint density at radius 3 is 2.35 bits per heavy atom. The topological polar surface area (TPSA) is 92.7 Å². The van der Waals surface area contributed by atoms with Crippen molar-refractivity contribution in [2.24, 2.45) is 0 Å². The molecule has 11 heteroatoms. The molecule has 6 nitrogen and oxygen atoms in total. The summed E-state index contributed by atoms with van der Waals surface area (Å²) in [6.45, 7) is -2.04. The number of ether oxygens (including phenoxy) is 1. The number of carbonyl (C=O) groups is 2. The fourth-order valence-corrected chi connectivity index (χ4v) is 2.15. The van der Waals surface area contributed by atoms with Gasteiger partial charge in [0, 0.05) is 0 Å². The van der Waals surface area contributed by atoms with Gasteiger partial charge < -0.3 is 18.7 Å². The zero-order chi connectivity index (χ0) is 12.6. The molecule has 1 fully saturated rings. The molecule has 0 aromatic heterocycles. The van der Waals surface area contributed by atoms with E-state index < -0.39 is 44.4 Å². The maximum atomic E-state index is 11.7. The number of hydrogen-bond donors (Lipinski definition) is 0. The van der Waals surface area contributed by atoms with Crippen LogP contribution in [-0.4, -0.2) is 30.4 Å². The number of halogens is 3. The van der Waals surface area contributed by atoms with E-state index in [4.69, 9.17) is 0 Å². The van der Waals surface area contributed by atoms with Crippen molar-refractivity contribution in [1.82, 2.24) is 0 Å². The van der Waals surface area contributed by atoms with Gasteiger partial charge in [-0.3, -0.25) is 9.59 Å². The van der Waals surface area contributed by atoms with Gasteiger partial charge in [0.2, 0.25) is 0 Å². The second-order valence-electron chi connectivity index (χ2n) is 2.94. The molecule has 17 heavy (non-hydrogen) atoms. The molecule has 1 saturated heterocycles. The molecular formula is C6H5F3LiO6P. The molecule has 1 heterocycles. The summed E-state index contributed by atoms with van der Waals surface area (Å²) >= 11 is 0. The van der Waals surface area contributed by atoms with Gasteiger partial charge in [0.05, 0.1) is 6.42 Å². The minimum Gasteiger partial charge on any atom is -0.778 e. The summed E-state index contributed by atoms with van der Waals surface area (Å²) in [5.41, 5.74) is -1.98. The first-order valence-corrected chi connectivity index (χ1v) is 5.49. The first kappa shape index (κ1) is 16.7. The predicted molar refractivity (Wildman–Crippen MR) is 39.1 cm³/mol. The van der Waals surface area contributed by atoms with E-state index >= 15 is 0 Å². The van der Waals surface area contributed by atoms with Gasteiger partial charge in [-0.25, -0.2) is 0 Å². The maximum absolute atomic E-state index is 11.7. The van der Waals surface area contributed by atoms with E-state index in [1.165, 1.54) is 0 Å². The van der Waals surface area contributed by atoms with Gasteiger partial charge in [-0.2, -0.15) is 13.2 Å². The van der Waals surface area contributed by atoms with Crippen LogP contribution in [0.1, 0.15) is 6.42 Å². The van der Waals surface area contributed by atoms with E-state index in [1.54, 1.807) is 0 Å². The normalized spacial score (nSPS) is 23.9. The quantitative estimate of drug-likeness (QED) is 0.234. The molecule has 2 atom stereocenters. The molecule has 1 rings (SSSR count). The number of esters is 2. The van der Waals surface area contributed by atoms with Crippen LogP contribution in [0.5, 0.6) is 0 Å². The molecule has 0 aromatic rings. The molecule has 0 aromatic carbocycles. The second kappa shape index (κ2) is 5.55. The third kappa shape index (κ3) is 4.82. The summed E-state index contributed by atoms with van der Waals surface area (Å²) < 4.78 is 53.6. The molecule has 92 valence electrons. The standard InChI is InChI=1S/C6H6F3O6P.Li/c7-6(8,9)2-14-16(12,13)3-1-4(10)15-5(3)11;/h3H,1-2H2,(H,12,13);/q;+1/p-1. The van der Waals surface area contributed by atoms with Crippen molar-refractivity contribution < 1.29 is 60.3 Å². The summed E-state index contributed by atoms with van der Waals surface area (Å²) in [7, 11) is -5.10. The fourth-order valence-electron chi connectivity index (χ4n) is 0.957. The molecule has 0 saturated carbocycles. The van der Waals surface area contributed by atoms with E-state index in [2.05, 4.69) is 9.26 Å². The van der Waals surface area contributed by atoms with E-state index in [0.29, 0.717) is 0 Å². The molecule has 0 radical (unpaired) electrons. The molecule has 0 aliphatic carbocycles. The molecular weight excluding hydrogens is 263 g/mol. The Morgan fingerprint density at radius 2 is 2.00 bits per heavy atom. The van der Waals surface area contributed by atoms with Gasteiger partial charge >= 0.3 is 37.0 Å². The maximum Gasteiger partial charge on any atom is 1.00 e. The van der Waals surface area contributed by atoms with Gasteiger partial charge in [0.15, 0.2) is 0 Å². The smallest absolute Gasteiger partial charge is 0.778 e.